The molecule has 2 aromatic rings. The van der Waals surface area contributed by atoms with Gasteiger partial charge in [0.15, 0.2) is 0 Å². The number of hydrazone groups is 1. The number of hydrogen-bond donors (Lipinski definition) is 1. The summed E-state index contributed by atoms with van der Waals surface area (Å²) in [6.45, 7) is 6.18. The lowest BCUT2D eigenvalue weighted by atomic mass is 10.2. The number of ether oxygens (including phenoxy) is 2. The molecule has 0 bridgehead atoms. The van der Waals surface area contributed by atoms with Crippen LogP contribution in [0.1, 0.15) is 29.8 Å². The molecule has 0 aliphatic heterocycles. The van der Waals surface area contributed by atoms with Crippen molar-refractivity contribution in [2.45, 2.75) is 13.8 Å². The first-order chi connectivity index (χ1) is 12.6. The maximum Gasteiger partial charge on any atom is 0.271 e. The number of carbonyl (C=O) groups is 1. The molecule has 6 heteroatoms. The predicted molar refractivity (Wildman–Crippen MR) is 105 cm³/mol. The molecule has 2 rings (SSSR count). The molecule has 2 aromatic carbocycles. The SMILES string of the molecule is CCN(CC)c1ccc(/C=N\NC(=O)c2cc(OC)cc(OC)c2)cc1. The Bertz CT molecular complexity index is 731. The number of nitrogens with zero attached hydrogens (tertiary/aromatic N) is 2. The van der Waals surface area contributed by atoms with E-state index in [0.717, 1.165) is 18.7 Å². The topological polar surface area (TPSA) is 63.2 Å². The van der Waals surface area contributed by atoms with E-state index in [-0.39, 0.29) is 5.91 Å². The third kappa shape index (κ3) is 4.99. The van der Waals surface area contributed by atoms with Crippen molar-refractivity contribution in [2.75, 3.05) is 32.2 Å². The second kappa shape index (κ2) is 9.46. The van der Waals surface area contributed by atoms with Gasteiger partial charge in [0.25, 0.3) is 5.91 Å². The monoisotopic (exact) mass is 355 g/mol. The standard InChI is InChI=1S/C20H25N3O3/c1-5-23(6-2)17-9-7-15(8-10-17)14-21-22-20(24)16-11-18(25-3)13-19(12-16)26-4/h7-14H,5-6H2,1-4H3,(H,22,24)/b21-14-. The van der Waals surface area contributed by atoms with Gasteiger partial charge in [-0.25, -0.2) is 5.43 Å². The highest BCUT2D eigenvalue weighted by Gasteiger charge is 2.09. The molecule has 26 heavy (non-hydrogen) atoms. The molecule has 0 spiro atoms. The van der Waals surface area contributed by atoms with Crippen LogP contribution in [-0.4, -0.2) is 39.4 Å². The van der Waals surface area contributed by atoms with E-state index in [1.54, 1.807) is 24.4 Å². The normalized spacial score (nSPS) is 10.6. The number of rotatable bonds is 8. The van der Waals surface area contributed by atoms with Crippen LogP contribution in [0.3, 0.4) is 0 Å². The second-order valence-electron chi connectivity index (χ2n) is 5.56. The van der Waals surface area contributed by atoms with Crippen molar-refractivity contribution in [1.82, 2.24) is 5.43 Å². The minimum absolute atomic E-state index is 0.335. The molecule has 0 aromatic heterocycles. The first-order valence-electron chi connectivity index (χ1n) is 8.52. The van der Waals surface area contributed by atoms with Crippen molar-refractivity contribution in [3.63, 3.8) is 0 Å². The van der Waals surface area contributed by atoms with Gasteiger partial charge >= 0.3 is 0 Å². The van der Waals surface area contributed by atoms with Crippen LogP contribution in [0.2, 0.25) is 0 Å². The predicted octanol–water partition coefficient (Wildman–Crippen LogP) is 3.31. The summed E-state index contributed by atoms with van der Waals surface area (Å²) in [5.74, 6) is 0.758. The number of amides is 1. The quantitative estimate of drug-likeness (QED) is 0.583. The van der Waals surface area contributed by atoms with Crippen molar-refractivity contribution < 1.29 is 14.3 Å². The smallest absolute Gasteiger partial charge is 0.271 e. The highest BCUT2D eigenvalue weighted by molar-refractivity contribution is 5.95. The van der Waals surface area contributed by atoms with Crippen molar-refractivity contribution in [3.05, 3.63) is 53.6 Å². The molecule has 1 N–H and O–H groups in total. The van der Waals surface area contributed by atoms with Crippen molar-refractivity contribution in [2.24, 2.45) is 5.10 Å². The average molecular weight is 355 g/mol. The van der Waals surface area contributed by atoms with Gasteiger partial charge in [0.2, 0.25) is 0 Å². The van der Waals surface area contributed by atoms with Crippen LogP contribution in [0.5, 0.6) is 11.5 Å². The highest BCUT2D eigenvalue weighted by atomic mass is 16.5. The fraction of sp³-hybridized carbons (Fsp3) is 0.300. The minimum atomic E-state index is -0.335. The molecule has 0 saturated heterocycles. The molecule has 0 saturated carbocycles. The Hall–Kier alpha value is -3.02. The lowest BCUT2D eigenvalue weighted by Gasteiger charge is -2.20. The van der Waals surface area contributed by atoms with Gasteiger partial charge in [-0.05, 0) is 43.7 Å². The van der Waals surface area contributed by atoms with E-state index in [9.17, 15) is 4.79 Å². The van der Waals surface area contributed by atoms with Crippen LogP contribution < -0.4 is 19.8 Å². The maximum absolute atomic E-state index is 12.2. The zero-order valence-electron chi connectivity index (χ0n) is 15.7. The molecule has 0 aliphatic carbocycles. The largest absolute Gasteiger partial charge is 0.497 e. The Balaban J connectivity index is 2.02. The summed E-state index contributed by atoms with van der Waals surface area (Å²) < 4.78 is 10.3. The molecule has 0 atom stereocenters. The molecule has 0 aliphatic rings. The van der Waals surface area contributed by atoms with Gasteiger partial charge in [-0.15, -0.1) is 0 Å². The molecule has 0 heterocycles. The summed E-state index contributed by atoms with van der Waals surface area (Å²) in [4.78, 5) is 14.5. The van der Waals surface area contributed by atoms with Crippen molar-refractivity contribution in [3.8, 4) is 11.5 Å². The number of hydrogen-bond acceptors (Lipinski definition) is 5. The number of anilines is 1. The van der Waals surface area contributed by atoms with E-state index >= 15 is 0 Å². The number of benzene rings is 2. The van der Waals surface area contributed by atoms with Gasteiger partial charge in [-0.1, -0.05) is 12.1 Å². The van der Waals surface area contributed by atoms with Gasteiger partial charge in [0, 0.05) is 30.4 Å². The van der Waals surface area contributed by atoms with E-state index in [4.69, 9.17) is 9.47 Å². The summed E-state index contributed by atoms with van der Waals surface area (Å²) in [7, 11) is 3.08. The zero-order valence-corrected chi connectivity index (χ0v) is 15.7. The molecular formula is C20H25N3O3. The summed E-state index contributed by atoms with van der Waals surface area (Å²) >= 11 is 0. The summed E-state index contributed by atoms with van der Waals surface area (Å²) in [6, 6.07) is 13.0. The average Bonchev–Trinajstić information content (AvgIpc) is 2.69. The molecule has 1 amide bonds. The molecule has 0 unspecified atom stereocenters. The molecule has 0 fully saturated rings. The lowest BCUT2D eigenvalue weighted by Crippen LogP contribution is -2.21. The lowest BCUT2D eigenvalue weighted by molar-refractivity contribution is 0.0954. The minimum Gasteiger partial charge on any atom is -0.497 e. The third-order valence-corrected chi connectivity index (χ3v) is 4.02. The van der Waals surface area contributed by atoms with Gasteiger partial charge in [0.05, 0.1) is 20.4 Å². The Morgan fingerprint density at radius 3 is 2.12 bits per heavy atom. The van der Waals surface area contributed by atoms with E-state index in [1.807, 2.05) is 24.3 Å². The van der Waals surface area contributed by atoms with Crippen LogP contribution in [0.25, 0.3) is 0 Å². The first-order valence-corrected chi connectivity index (χ1v) is 8.52. The summed E-state index contributed by atoms with van der Waals surface area (Å²) in [5, 5.41) is 4.02. The van der Waals surface area contributed by atoms with E-state index in [0.29, 0.717) is 17.1 Å². The summed E-state index contributed by atoms with van der Waals surface area (Å²) in [5.41, 5.74) is 5.00. The summed E-state index contributed by atoms with van der Waals surface area (Å²) in [6.07, 6.45) is 1.61. The zero-order chi connectivity index (χ0) is 18.9. The van der Waals surface area contributed by atoms with Crippen molar-refractivity contribution in [1.29, 1.82) is 0 Å². The van der Waals surface area contributed by atoms with Crippen LogP contribution in [-0.2, 0) is 0 Å². The Morgan fingerprint density at radius 1 is 1.04 bits per heavy atom. The van der Waals surface area contributed by atoms with Crippen LogP contribution >= 0.6 is 0 Å². The van der Waals surface area contributed by atoms with E-state index < -0.39 is 0 Å². The number of carbonyl (C=O) groups excluding carboxylic acids is 1. The molecular weight excluding hydrogens is 330 g/mol. The van der Waals surface area contributed by atoms with E-state index in [1.165, 1.54) is 19.9 Å². The molecule has 0 radical (unpaired) electrons. The van der Waals surface area contributed by atoms with Gasteiger partial charge in [0.1, 0.15) is 11.5 Å². The highest BCUT2D eigenvalue weighted by Crippen LogP contribution is 2.22. The Morgan fingerprint density at radius 2 is 1.62 bits per heavy atom. The second-order valence-corrected chi connectivity index (χ2v) is 5.56. The first kappa shape index (κ1) is 19.3. The van der Waals surface area contributed by atoms with Crippen LogP contribution in [0.4, 0.5) is 5.69 Å². The van der Waals surface area contributed by atoms with Gasteiger partial charge in [-0.2, -0.15) is 5.10 Å². The number of nitrogens with one attached hydrogen (secondary N) is 1. The van der Waals surface area contributed by atoms with Crippen molar-refractivity contribution >= 4 is 17.8 Å². The Labute approximate surface area is 154 Å². The Kier molecular flexibility index (Phi) is 7.02. The van der Waals surface area contributed by atoms with E-state index in [2.05, 4.69) is 29.3 Å². The van der Waals surface area contributed by atoms with Gasteiger partial charge in [-0.3, -0.25) is 4.79 Å². The fourth-order valence-corrected chi connectivity index (χ4v) is 2.53. The van der Waals surface area contributed by atoms with Gasteiger partial charge < -0.3 is 14.4 Å². The van der Waals surface area contributed by atoms with Crippen LogP contribution in [0.15, 0.2) is 47.6 Å². The maximum atomic E-state index is 12.2. The van der Waals surface area contributed by atoms with Crippen LogP contribution in [0, 0.1) is 0 Å². The molecule has 6 nitrogen and oxygen atoms in total. The molecule has 138 valence electrons. The fourth-order valence-electron chi connectivity index (χ4n) is 2.53. The number of methoxy groups -OCH3 is 2. The third-order valence-electron chi connectivity index (χ3n) is 4.02.